The Morgan fingerprint density at radius 1 is 0.380 bits per heavy atom. The highest BCUT2D eigenvalue weighted by Gasteiger charge is 2.56. The van der Waals surface area contributed by atoms with E-state index in [9.17, 15) is 0 Å². The summed E-state index contributed by atoms with van der Waals surface area (Å²) in [6.07, 6.45) is 3.95. The van der Waals surface area contributed by atoms with Crippen molar-refractivity contribution in [2.45, 2.75) is 10.8 Å². The summed E-state index contributed by atoms with van der Waals surface area (Å²) in [4.78, 5) is 13.1. The zero-order valence-electron chi connectivity index (χ0n) is 38.3. The van der Waals surface area contributed by atoms with Gasteiger partial charge in [-0.25, -0.2) is 0 Å². The summed E-state index contributed by atoms with van der Waals surface area (Å²) >= 11 is 0. The first kappa shape index (κ1) is 38.6. The van der Waals surface area contributed by atoms with E-state index in [1.807, 2.05) is 12.4 Å². The van der Waals surface area contributed by atoms with Gasteiger partial charge < -0.3 is 14.2 Å². The fraction of sp³-hybridized carbons (Fsp3) is 0.0303. The highest BCUT2D eigenvalue weighted by Crippen LogP contribution is 2.67. The first-order chi connectivity index (χ1) is 35.2. The van der Waals surface area contributed by atoms with Gasteiger partial charge in [0.05, 0.1) is 50.8 Å². The normalized spacial score (nSPS) is 15.6. The Labute approximate surface area is 410 Å². The summed E-state index contributed by atoms with van der Waals surface area (Å²) in [5.74, 6) is 1.66. The maximum absolute atomic E-state index is 7.29. The largest absolute Gasteiger partial charge is 0.457 e. The second kappa shape index (κ2) is 14.1. The van der Waals surface area contributed by atoms with E-state index in [0.717, 1.165) is 84.3 Å². The molecule has 71 heavy (non-hydrogen) atoms. The second-order valence-electron chi connectivity index (χ2n) is 19.1. The molecule has 9 aromatic carbocycles. The molecule has 1 aliphatic heterocycles. The molecule has 330 valence electrons. The Kier molecular flexibility index (Phi) is 7.69. The van der Waals surface area contributed by atoms with Gasteiger partial charge in [-0.2, -0.15) is 0 Å². The molecule has 0 saturated carbocycles. The average molecular weight is 905 g/mol. The molecule has 4 aliphatic rings. The summed E-state index contributed by atoms with van der Waals surface area (Å²) in [5, 5.41) is 2.34. The minimum atomic E-state index is -0.838. The van der Waals surface area contributed by atoms with Crippen LogP contribution in [0.4, 0.5) is 17.1 Å². The monoisotopic (exact) mass is 904 g/mol. The predicted octanol–water partition coefficient (Wildman–Crippen LogP) is 15.9. The molecule has 0 radical (unpaired) electrons. The molecule has 0 amide bonds. The minimum Gasteiger partial charge on any atom is -0.457 e. The maximum atomic E-state index is 7.29. The van der Waals surface area contributed by atoms with Gasteiger partial charge in [0.25, 0.3) is 0 Å². The SMILES string of the molecule is c1ccc(N(c2cnc3c(c2)C2(c4ccccc4Oc4cc5c(cc42)-c2ccccc2C52c4ccccc4-c4ccccc42)c2cccnc2-3)c2cccc3c2c2ccccc2n3-c2ccccc2)cc1. The number of fused-ring (bicyclic) bond motifs is 22. The van der Waals surface area contributed by atoms with E-state index in [4.69, 9.17) is 14.7 Å². The highest BCUT2D eigenvalue weighted by molar-refractivity contribution is 6.16. The Morgan fingerprint density at radius 2 is 0.972 bits per heavy atom. The van der Waals surface area contributed by atoms with Crippen molar-refractivity contribution in [3.63, 3.8) is 0 Å². The zero-order valence-corrected chi connectivity index (χ0v) is 38.3. The van der Waals surface area contributed by atoms with E-state index < -0.39 is 10.8 Å². The molecule has 2 spiro atoms. The smallest absolute Gasteiger partial charge is 0.132 e. The first-order valence-electron chi connectivity index (χ1n) is 24.4. The van der Waals surface area contributed by atoms with Gasteiger partial charge in [0.15, 0.2) is 0 Å². The standard InChI is InChI=1S/C66H40N4O/c1-3-19-41(20-4-1)69(58-33-17-34-59-62(58)47-26-10-15-32-57(47)70(59)42-21-5-2-6-22-42)43-37-56-64(68-40-43)63-53(31-18-36-67-63)66(56)52-30-14-16-35-60(52)71-61-39-54-48(38-55(61)66)46-25-9-13-29-51(46)65(54)49-27-11-7-23-44(49)45-24-8-12-28-50(45)65/h1-40H. The lowest BCUT2D eigenvalue weighted by molar-refractivity contribution is 0.435. The van der Waals surface area contributed by atoms with Gasteiger partial charge in [-0.3, -0.25) is 9.97 Å². The summed E-state index contributed by atoms with van der Waals surface area (Å²) in [6, 6.07) is 84.0. The number of para-hydroxylation sites is 4. The number of hydrogen-bond donors (Lipinski definition) is 0. The molecule has 16 rings (SSSR count). The third-order valence-corrected chi connectivity index (χ3v) is 15.9. The highest BCUT2D eigenvalue weighted by atomic mass is 16.5. The summed E-state index contributed by atoms with van der Waals surface area (Å²) in [7, 11) is 0. The Bertz CT molecular complexity index is 4190. The number of benzene rings is 9. The van der Waals surface area contributed by atoms with Crippen molar-refractivity contribution in [1.82, 2.24) is 14.5 Å². The molecule has 5 heteroatoms. The zero-order chi connectivity index (χ0) is 46.4. The Morgan fingerprint density at radius 3 is 1.73 bits per heavy atom. The van der Waals surface area contributed by atoms with Gasteiger partial charge in [-0.1, -0.05) is 158 Å². The molecule has 0 bridgehead atoms. The number of hydrogen-bond acceptors (Lipinski definition) is 4. The van der Waals surface area contributed by atoms with Crippen molar-refractivity contribution in [3.05, 3.63) is 287 Å². The molecule has 0 saturated heterocycles. The topological polar surface area (TPSA) is 43.2 Å². The number of ether oxygens (including phenoxy) is 1. The van der Waals surface area contributed by atoms with Crippen LogP contribution in [-0.4, -0.2) is 14.5 Å². The van der Waals surface area contributed by atoms with Crippen molar-refractivity contribution in [2.75, 3.05) is 4.90 Å². The van der Waals surface area contributed by atoms with Gasteiger partial charge in [0.1, 0.15) is 11.5 Å². The molecule has 12 aromatic rings. The van der Waals surface area contributed by atoms with Crippen molar-refractivity contribution in [2.24, 2.45) is 0 Å². The quantitative estimate of drug-likeness (QED) is 0.176. The molecule has 3 aliphatic carbocycles. The van der Waals surface area contributed by atoms with E-state index in [2.05, 4.69) is 240 Å². The van der Waals surface area contributed by atoms with Crippen LogP contribution in [0.25, 0.3) is 61.1 Å². The molecule has 1 unspecified atom stereocenters. The van der Waals surface area contributed by atoms with Gasteiger partial charge in [0.2, 0.25) is 0 Å². The van der Waals surface area contributed by atoms with Crippen LogP contribution in [0.5, 0.6) is 11.5 Å². The van der Waals surface area contributed by atoms with Crippen molar-refractivity contribution in [3.8, 4) is 50.8 Å². The van der Waals surface area contributed by atoms with Crippen LogP contribution in [-0.2, 0) is 10.8 Å². The summed E-state index contributed by atoms with van der Waals surface area (Å²) < 4.78 is 9.67. The predicted molar refractivity (Wildman–Crippen MR) is 285 cm³/mol. The van der Waals surface area contributed by atoms with E-state index in [1.165, 1.54) is 49.9 Å². The van der Waals surface area contributed by atoms with Crippen LogP contribution in [0.3, 0.4) is 0 Å². The van der Waals surface area contributed by atoms with Crippen LogP contribution in [0.1, 0.15) is 44.5 Å². The molecule has 4 heterocycles. The van der Waals surface area contributed by atoms with Crippen LogP contribution < -0.4 is 9.64 Å². The summed E-state index contributed by atoms with van der Waals surface area (Å²) in [6.45, 7) is 0. The minimum absolute atomic E-state index is 0.524. The van der Waals surface area contributed by atoms with Crippen LogP contribution >= 0.6 is 0 Å². The van der Waals surface area contributed by atoms with Crippen molar-refractivity contribution in [1.29, 1.82) is 0 Å². The molecule has 3 aromatic heterocycles. The second-order valence-corrected chi connectivity index (χ2v) is 19.1. The fourth-order valence-electron chi connectivity index (χ4n) is 13.3. The Balaban J connectivity index is 0.989. The third kappa shape index (κ3) is 4.84. The molecule has 1 atom stereocenters. The van der Waals surface area contributed by atoms with E-state index >= 15 is 0 Å². The molecule has 5 nitrogen and oxygen atoms in total. The van der Waals surface area contributed by atoms with Crippen LogP contribution in [0, 0.1) is 0 Å². The van der Waals surface area contributed by atoms with E-state index in [1.54, 1.807) is 0 Å². The fourth-order valence-corrected chi connectivity index (χ4v) is 13.3. The van der Waals surface area contributed by atoms with Crippen molar-refractivity contribution < 1.29 is 4.74 Å². The third-order valence-electron chi connectivity index (χ3n) is 15.9. The first-order valence-corrected chi connectivity index (χ1v) is 24.4. The molecular weight excluding hydrogens is 865 g/mol. The number of nitrogens with zero attached hydrogens (tertiary/aromatic N) is 4. The van der Waals surface area contributed by atoms with Gasteiger partial charge in [0, 0.05) is 45.0 Å². The maximum Gasteiger partial charge on any atom is 0.132 e. The number of pyridine rings is 2. The number of rotatable bonds is 4. The van der Waals surface area contributed by atoms with E-state index in [0.29, 0.717) is 0 Å². The number of anilines is 3. The number of aromatic nitrogens is 3. The lowest BCUT2D eigenvalue weighted by Crippen LogP contribution is -2.33. The van der Waals surface area contributed by atoms with Gasteiger partial charge >= 0.3 is 0 Å². The van der Waals surface area contributed by atoms with Crippen LogP contribution in [0.2, 0.25) is 0 Å². The van der Waals surface area contributed by atoms with Crippen LogP contribution in [0.15, 0.2) is 243 Å². The Hall–Kier alpha value is -9.32. The average Bonchev–Trinajstić information content (AvgIpc) is 4.13. The van der Waals surface area contributed by atoms with Gasteiger partial charge in [-0.05, 0) is 123 Å². The molecular formula is C66H40N4O. The molecule has 0 N–H and O–H groups in total. The van der Waals surface area contributed by atoms with E-state index in [-0.39, 0.29) is 0 Å². The molecule has 0 fully saturated rings. The van der Waals surface area contributed by atoms with Gasteiger partial charge in [-0.15, -0.1) is 0 Å². The summed E-state index contributed by atoms with van der Waals surface area (Å²) in [5.41, 5.74) is 21.3. The van der Waals surface area contributed by atoms with Crippen molar-refractivity contribution >= 4 is 38.9 Å². The lowest BCUT2D eigenvalue weighted by atomic mass is 9.65. The lowest BCUT2D eigenvalue weighted by Gasteiger charge is -2.40.